The van der Waals surface area contributed by atoms with E-state index in [4.69, 9.17) is 9.47 Å². The number of benzene rings is 2. The number of methoxy groups -OCH3 is 2. The largest absolute Gasteiger partial charge is 0.493 e. The number of anilines is 2. The molecule has 0 aliphatic carbocycles. The van der Waals surface area contributed by atoms with Crippen LogP contribution in [-0.2, 0) is 6.42 Å². The van der Waals surface area contributed by atoms with Crippen molar-refractivity contribution in [2.45, 2.75) is 13.3 Å². The van der Waals surface area contributed by atoms with Crippen LogP contribution in [0.4, 0.5) is 15.9 Å². The summed E-state index contributed by atoms with van der Waals surface area (Å²) in [6, 6.07) is 12.1. The first-order valence-corrected chi connectivity index (χ1v) is 9.25. The smallest absolute Gasteiger partial charge is 0.165 e. The van der Waals surface area contributed by atoms with Crippen LogP contribution in [0.15, 0.2) is 54.9 Å². The summed E-state index contributed by atoms with van der Waals surface area (Å²) in [4.78, 5) is 4.68. The number of fused-ring (bicyclic) bond motifs is 1. The van der Waals surface area contributed by atoms with E-state index in [-0.39, 0.29) is 5.82 Å². The van der Waals surface area contributed by atoms with Crippen LogP contribution in [0.1, 0.15) is 12.5 Å². The fraction of sp³-hybridized carbons (Fsp3) is 0.182. The van der Waals surface area contributed by atoms with Crippen molar-refractivity contribution in [3.05, 3.63) is 66.2 Å². The summed E-state index contributed by atoms with van der Waals surface area (Å²) in [7, 11) is 3.25. The van der Waals surface area contributed by atoms with Crippen LogP contribution in [0.2, 0.25) is 0 Å². The number of ether oxygens (including phenoxy) is 2. The van der Waals surface area contributed by atoms with E-state index in [9.17, 15) is 4.39 Å². The molecule has 2 heterocycles. The monoisotopic (exact) mass is 392 g/mol. The van der Waals surface area contributed by atoms with Crippen LogP contribution in [0.5, 0.6) is 11.5 Å². The van der Waals surface area contributed by atoms with Gasteiger partial charge in [-0.25, -0.2) is 13.9 Å². The van der Waals surface area contributed by atoms with Crippen molar-refractivity contribution in [2.24, 2.45) is 0 Å². The summed E-state index contributed by atoms with van der Waals surface area (Å²) in [5, 5.41) is 7.63. The topological polar surface area (TPSA) is 60.7 Å². The molecule has 0 aliphatic heterocycles. The maximum atomic E-state index is 13.6. The lowest BCUT2D eigenvalue weighted by molar-refractivity contribution is 0.352. The van der Waals surface area contributed by atoms with Crippen molar-refractivity contribution in [1.29, 1.82) is 0 Å². The van der Waals surface area contributed by atoms with Gasteiger partial charge in [-0.05, 0) is 41.8 Å². The number of aromatic nitrogens is 3. The Morgan fingerprint density at radius 1 is 1.10 bits per heavy atom. The number of aryl methyl sites for hydroxylation is 1. The minimum atomic E-state index is -0.298. The molecule has 0 radical (unpaired) electrons. The molecule has 0 fully saturated rings. The fourth-order valence-corrected chi connectivity index (χ4v) is 3.32. The van der Waals surface area contributed by atoms with Crippen molar-refractivity contribution >= 4 is 17.2 Å². The first kappa shape index (κ1) is 18.7. The Morgan fingerprint density at radius 3 is 2.69 bits per heavy atom. The molecular weight excluding hydrogens is 371 g/mol. The van der Waals surface area contributed by atoms with E-state index >= 15 is 0 Å². The van der Waals surface area contributed by atoms with Gasteiger partial charge in [-0.15, -0.1) is 0 Å². The second-order valence-corrected chi connectivity index (χ2v) is 6.50. The minimum absolute atomic E-state index is 0.298. The van der Waals surface area contributed by atoms with Crippen LogP contribution in [0.3, 0.4) is 0 Å². The Balaban J connectivity index is 1.73. The quantitative estimate of drug-likeness (QED) is 0.508. The lowest BCUT2D eigenvalue weighted by Gasteiger charge is -2.15. The Hall–Kier alpha value is -3.61. The lowest BCUT2D eigenvalue weighted by atomic mass is 10.1. The van der Waals surface area contributed by atoms with Gasteiger partial charge in [0.25, 0.3) is 0 Å². The fourth-order valence-electron chi connectivity index (χ4n) is 3.32. The molecule has 148 valence electrons. The summed E-state index contributed by atoms with van der Waals surface area (Å²) in [5.74, 6) is 1.73. The molecule has 0 saturated carbocycles. The summed E-state index contributed by atoms with van der Waals surface area (Å²) in [6.45, 7) is 2.06. The Labute approximate surface area is 167 Å². The molecule has 2 aromatic carbocycles. The Kier molecular flexibility index (Phi) is 5.03. The summed E-state index contributed by atoms with van der Waals surface area (Å²) in [5.41, 5.74) is 3.99. The third-order valence-corrected chi connectivity index (χ3v) is 4.71. The third kappa shape index (κ3) is 3.59. The molecular formula is C22H21FN4O2. The number of nitrogens with zero attached hydrogens (tertiary/aromatic N) is 3. The van der Waals surface area contributed by atoms with Gasteiger partial charge in [-0.2, -0.15) is 5.10 Å². The summed E-state index contributed by atoms with van der Waals surface area (Å²) < 4.78 is 26.3. The van der Waals surface area contributed by atoms with E-state index in [0.717, 1.165) is 34.5 Å². The molecule has 1 N–H and O–H groups in total. The van der Waals surface area contributed by atoms with E-state index in [0.29, 0.717) is 17.2 Å². The van der Waals surface area contributed by atoms with Gasteiger partial charge in [0.2, 0.25) is 0 Å². The average Bonchev–Trinajstić information content (AvgIpc) is 3.16. The van der Waals surface area contributed by atoms with Crippen LogP contribution in [0.25, 0.3) is 16.8 Å². The highest BCUT2D eigenvalue weighted by Crippen LogP contribution is 2.36. The number of hydrogen-bond acceptors (Lipinski definition) is 5. The molecule has 7 heteroatoms. The molecule has 4 aromatic rings. The molecule has 0 unspecified atom stereocenters. The predicted molar refractivity (Wildman–Crippen MR) is 111 cm³/mol. The van der Waals surface area contributed by atoms with Gasteiger partial charge in [-0.1, -0.05) is 19.1 Å². The van der Waals surface area contributed by atoms with E-state index < -0.39 is 0 Å². The zero-order chi connectivity index (χ0) is 20.4. The molecule has 0 atom stereocenters. The first-order chi connectivity index (χ1) is 14.1. The first-order valence-electron chi connectivity index (χ1n) is 9.25. The van der Waals surface area contributed by atoms with Crippen molar-refractivity contribution in [3.63, 3.8) is 0 Å². The van der Waals surface area contributed by atoms with E-state index in [1.54, 1.807) is 31.0 Å². The van der Waals surface area contributed by atoms with Crippen molar-refractivity contribution < 1.29 is 13.9 Å². The highest BCUT2D eigenvalue weighted by Gasteiger charge is 2.13. The molecule has 2 aromatic heterocycles. The summed E-state index contributed by atoms with van der Waals surface area (Å²) in [6.07, 6.45) is 4.30. The van der Waals surface area contributed by atoms with E-state index in [2.05, 4.69) is 22.3 Å². The number of nitrogens with one attached hydrogen (secondary N) is 1. The van der Waals surface area contributed by atoms with Gasteiger partial charge in [0.1, 0.15) is 11.6 Å². The molecule has 6 nitrogen and oxygen atoms in total. The van der Waals surface area contributed by atoms with Gasteiger partial charge in [-0.3, -0.25) is 0 Å². The zero-order valence-electron chi connectivity index (χ0n) is 16.4. The van der Waals surface area contributed by atoms with Crippen LogP contribution < -0.4 is 14.8 Å². The molecule has 29 heavy (non-hydrogen) atoms. The van der Waals surface area contributed by atoms with Crippen molar-refractivity contribution in [1.82, 2.24) is 14.6 Å². The minimum Gasteiger partial charge on any atom is -0.493 e. The van der Waals surface area contributed by atoms with Crippen molar-refractivity contribution in [3.8, 4) is 22.6 Å². The molecule has 4 rings (SSSR count). The highest BCUT2D eigenvalue weighted by molar-refractivity contribution is 5.78. The Bertz CT molecular complexity index is 1150. The number of halogens is 1. The maximum absolute atomic E-state index is 13.6. The normalized spacial score (nSPS) is 10.9. The predicted octanol–water partition coefficient (Wildman–Crippen LogP) is 4.86. The SMILES string of the molecule is CCc1cc(Nc2ccn3ncc(-c4cccc(F)c4)c3n2)cc(OC)c1OC. The maximum Gasteiger partial charge on any atom is 0.165 e. The second kappa shape index (κ2) is 7.79. The van der Waals surface area contributed by atoms with Crippen molar-refractivity contribution in [2.75, 3.05) is 19.5 Å². The van der Waals surface area contributed by atoms with E-state index in [1.807, 2.05) is 30.5 Å². The molecule has 0 amide bonds. The highest BCUT2D eigenvalue weighted by atomic mass is 19.1. The van der Waals surface area contributed by atoms with E-state index in [1.165, 1.54) is 12.1 Å². The molecule has 0 aliphatic rings. The zero-order valence-corrected chi connectivity index (χ0v) is 16.4. The molecule has 0 spiro atoms. The third-order valence-electron chi connectivity index (χ3n) is 4.71. The van der Waals surface area contributed by atoms with Gasteiger partial charge < -0.3 is 14.8 Å². The Morgan fingerprint density at radius 2 is 1.97 bits per heavy atom. The number of hydrogen-bond donors (Lipinski definition) is 1. The number of rotatable bonds is 6. The lowest BCUT2D eigenvalue weighted by Crippen LogP contribution is -2.00. The van der Waals surface area contributed by atoms with Gasteiger partial charge in [0, 0.05) is 23.5 Å². The van der Waals surface area contributed by atoms with Crippen LogP contribution >= 0.6 is 0 Å². The van der Waals surface area contributed by atoms with Gasteiger partial charge >= 0.3 is 0 Å². The molecule has 0 saturated heterocycles. The summed E-state index contributed by atoms with van der Waals surface area (Å²) >= 11 is 0. The average molecular weight is 392 g/mol. The molecule has 0 bridgehead atoms. The van der Waals surface area contributed by atoms with Crippen LogP contribution in [-0.4, -0.2) is 28.8 Å². The second-order valence-electron chi connectivity index (χ2n) is 6.50. The standard InChI is InChI=1S/C22H21FN4O2/c1-4-14-11-17(12-19(28-2)21(14)29-3)25-20-8-9-27-22(26-20)18(13-24-27)15-6-5-7-16(23)10-15/h5-13H,4H2,1-3H3,(H,25,26). The van der Waals surface area contributed by atoms with Gasteiger partial charge in [0.05, 0.1) is 20.4 Å². The van der Waals surface area contributed by atoms with Gasteiger partial charge in [0.15, 0.2) is 17.1 Å². The van der Waals surface area contributed by atoms with Crippen LogP contribution in [0, 0.1) is 5.82 Å².